The van der Waals surface area contributed by atoms with Gasteiger partial charge in [0.05, 0.1) is 5.69 Å². The average molecular weight is 219 g/mol. The van der Waals surface area contributed by atoms with E-state index in [1.54, 1.807) is 12.3 Å². The minimum Gasteiger partial charge on any atom is -0.307 e. The highest BCUT2D eigenvalue weighted by Gasteiger charge is 1.98. The third-order valence-electron chi connectivity index (χ3n) is 2.45. The van der Waals surface area contributed by atoms with Gasteiger partial charge >= 0.3 is 0 Å². The molecular formula is C12H14FN3. The maximum atomic E-state index is 12.9. The quantitative estimate of drug-likeness (QED) is 0.850. The third kappa shape index (κ3) is 2.67. The molecule has 1 heterocycles. The molecule has 3 nitrogen and oxygen atoms in total. The summed E-state index contributed by atoms with van der Waals surface area (Å²) < 4.78 is 14.7. The fourth-order valence-electron chi connectivity index (χ4n) is 1.56. The molecule has 0 radical (unpaired) electrons. The largest absolute Gasteiger partial charge is 0.307 e. The van der Waals surface area contributed by atoms with Gasteiger partial charge in [-0.2, -0.15) is 5.10 Å². The van der Waals surface area contributed by atoms with Crippen LogP contribution in [0.5, 0.6) is 0 Å². The summed E-state index contributed by atoms with van der Waals surface area (Å²) in [6, 6.07) is 8.56. The second-order valence-electron chi connectivity index (χ2n) is 3.68. The maximum absolute atomic E-state index is 12.9. The maximum Gasteiger partial charge on any atom is 0.123 e. The van der Waals surface area contributed by atoms with E-state index < -0.39 is 0 Å². The van der Waals surface area contributed by atoms with E-state index in [2.05, 4.69) is 10.4 Å². The Morgan fingerprint density at radius 2 is 2.19 bits per heavy atom. The molecule has 0 amide bonds. The topological polar surface area (TPSA) is 29.9 Å². The second-order valence-corrected chi connectivity index (χ2v) is 3.68. The Balaban J connectivity index is 1.87. The van der Waals surface area contributed by atoms with Gasteiger partial charge in [0.1, 0.15) is 5.82 Å². The molecule has 0 aliphatic carbocycles. The molecule has 2 aromatic rings. The fourth-order valence-corrected chi connectivity index (χ4v) is 1.56. The fraction of sp³-hybridized carbons (Fsp3) is 0.250. The molecule has 16 heavy (non-hydrogen) atoms. The summed E-state index contributed by atoms with van der Waals surface area (Å²) in [5.74, 6) is -0.195. The highest BCUT2D eigenvalue weighted by atomic mass is 19.1. The number of nitrogens with one attached hydrogen (secondary N) is 1. The van der Waals surface area contributed by atoms with Gasteiger partial charge in [0.2, 0.25) is 0 Å². The molecule has 84 valence electrons. The van der Waals surface area contributed by atoms with Crippen molar-refractivity contribution in [2.45, 2.75) is 13.1 Å². The summed E-state index contributed by atoms with van der Waals surface area (Å²) >= 11 is 0. The van der Waals surface area contributed by atoms with E-state index in [9.17, 15) is 4.39 Å². The summed E-state index contributed by atoms with van der Waals surface area (Å²) in [6.45, 7) is 1.38. The molecule has 1 aromatic heterocycles. The van der Waals surface area contributed by atoms with Crippen LogP contribution < -0.4 is 5.32 Å². The molecule has 0 unspecified atom stereocenters. The van der Waals surface area contributed by atoms with Crippen LogP contribution in [0.4, 0.5) is 4.39 Å². The van der Waals surface area contributed by atoms with Crippen molar-refractivity contribution in [2.24, 2.45) is 7.05 Å². The van der Waals surface area contributed by atoms with Crippen molar-refractivity contribution in [3.05, 3.63) is 53.6 Å². The Kier molecular flexibility index (Phi) is 3.31. The molecule has 4 heteroatoms. The first-order valence-corrected chi connectivity index (χ1v) is 5.18. The summed E-state index contributed by atoms with van der Waals surface area (Å²) in [4.78, 5) is 0. The number of nitrogens with zero attached hydrogens (tertiary/aromatic N) is 2. The smallest absolute Gasteiger partial charge is 0.123 e. The molecule has 0 saturated carbocycles. The molecule has 1 N–H and O–H groups in total. The van der Waals surface area contributed by atoms with Crippen LogP contribution in [0.1, 0.15) is 11.3 Å². The summed E-state index contributed by atoms with van der Waals surface area (Å²) in [7, 11) is 1.90. The molecule has 0 atom stereocenters. The van der Waals surface area contributed by atoms with Crippen molar-refractivity contribution < 1.29 is 4.39 Å². The molecule has 2 rings (SSSR count). The number of aryl methyl sites for hydroxylation is 1. The van der Waals surface area contributed by atoms with E-state index in [0.29, 0.717) is 6.54 Å². The van der Waals surface area contributed by atoms with E-state index in [0.717, 1.165) is 17.8 Å². The van der Waals surface area contributed by atoms with Crippen LogP contribution in [0.15, 0.2) is 36.5 Å². The number of hydrogen-bond donors (Lipinski definition) is 1. The molecular weight excluding hydrogens is 205 g/mol. The third-order valence-corrected chi connectivity index (χ3v) is 2.45. The summed E-state index contributed by atoms with van der Waals surface area (Å²) in [5, 5.41) is 7.32. The Labute approximate surface area is 93.9 Å². The van der Waals surface area contributed by atoms with E-state index in [-0.39, 0.29) is 5.82 Å². The van der Waals surface area contributed by atoms with Gasteiger partial charge in [-0.25, -0.2) is 4.39 Å². The molecule has 0 saturated heterocycles. The SMILES string of the molecule is Cn1nccc1CNCc1cccc(F)c1. The van der Waals surface area contributed by atoms with Crippen LogP contribution in [0.25, 0.3) is 0 Å². The lowest BCUT2D eigenvalue weighted by Gasteiger charge is -2.05. The van der Waals surface area contributed by atoms with Gasteiger partial charge in [0.15, 0.2) is 0 Å². The van der Waals surface area contributed by atoms with Crippen LogP contribution in [-0.4, -0.2) is 9.78 Å². The van der Waals surface area contributed by atoms with Gasteiger partial charge in [-0.15, -0.1) is 0 Å². The van der Waals surface area contributed by atoms with Crippen molar-refractivity contribution in [1.29, 1.82) is 0 Å². The zero-order valence-electron chi connectivity index (χ0n) is 9.15. The molecule has 0 aliphatic heterocycles. The molecule has 0 bridgehead atoms. The molecule has 0 aliphatic rings. The summed E-state index contributed by atoms with van der Waals surface area (Å²) in [5.41, 5.74) is 2.05. The number of hydrogen-bond acceptors (Lipinski definition) is 2. The standard InChI is InChI=1S/C12H14FN3/c1-16-12(5-6-15-16)9-14-8-10-3-2-4-11(13)7-10/h2-7,14H,8-9H2,1H3. The monoisotopic (exact) mass is 219 g/mol. The minimum atomic E-state index is -0.195. The zero-order chi connectivity index (χ0) is 11.4. The van der Waals surface area contributed by atoms with Gasteiger partial charge in [-0.05, 0) is 23.8 Å². The second kappa shape index (κ2) is 4.90. The normalized spacial score (nSPS) is 10.6. The number of aromatic nitrogens is 2. The first-order chi connectivity index (χ1) is 7.75. The number of halogens is 1. The van der Waals surface area contributed by atoms with Gasteiger partial charge in [0.25, 0.3) is 0 Å². The molecule has 0 fully saturated rings. The lowest BCUT2D eigenvalue weighted by Crippen LogP contribution is -2.15. The highest BCUT2D eigenvalue weighted by Crippen LogP contribution is 2.03. The van der Waals surface area contributed by atoms with Crippen LogP contribution in [0, 0.1) is 5.82 Å². The van der Waals surface area contributed by atoms with Crippen molar-refractivity contribution in [1.82, 2.24) is 15.1 Å². The zero-order valence-corrected chi connectivity index (χ0v) is 9.15. The van der Waals surface area contributed by atoms with Crippen LogP contribution in [0.3, 0.4) is 0 Å². The lowest BCUT2D eigenvalue weighted by atomic mass is 10.2. The highest BCUT2D eigenvalue weighted by molar-refractivity contribution is 5.16. The van der Waals surface area contributed by atoms with E-state index in [1.165, 1.54) is 12.1 Å². The Morgan fingerprint density at radius 1 is 1.31 bits per heavy atom. The Bertz CT molecular complexity index is 465. The average Bonchev–Trinajstić information content (AvgIpc) is 2.65. The van der Waals surface area contributed by atoms with Gasteiger partial charge in [0, 0.05) is 26.3 Å². The van der Waals surface area contributed by atoms with E-state index in [1.807, 2.05) is 23.9 Å². The van der Waals surface area contributed by atoms with Gasteiger partial charge in [-0.3, -0.25) is 4.68 Å². The van der Waals surface area contributed by atoms with Crippen LogP contribution in [-0.2, 0) is 20.1 Å². The predicted molar refractivity (Wildman–Crippen MR) is 60.2 cm³/mol. The molecule has 1 aromatic carbocycles. The number of benzene rings is 1. The minimum absolute atomic E-state index is 0.195. The first-order valence-electron chi connectivity index (χ1n) is 5.18. The van der Waals surface area contributed by atoms with Crippen molar-refractivity contribution in [3.8, 4) is 0 Å². The Hall–Kier alpha value is -1.68. The van der Waals surface area contributed by atoms with E-state index >= 15 is 0 Å². The van der Waals surface area contributed by atoms with Gasteiger partial charge in [-0.1, -0.05) is 12.1 Å². The van der Waals surface area contributed by atoms with E-state index in [4.69, 9.17) is 0 Å². The van der Waals surface area contributed by atoms with Gasteiger partial charge < -0.3 is 5.32 Å². The predicted octanol–water partition coefficient (Wildman–Crippen LogP) is 1.85. The number of rotatable bonds is 4. The molecule has 0 spiro atoms. The van der Waals surface area contributed by atoms with Crippen LogP contribution in [0.2, 0.25) is 0 Å². The van der Waals surface area contributed by atoms with Crippen molar-refractivity contribution in [2.75, 3.05) is 0 Å². The van der Waals surface area contributed by atoms with Crippen LogP contribution >= 0.6 is 0 Å². The van der Waals surface area contributed by atoms with Crippen molar-refractivity contribution >= 4 is 0 Å². The summed E-state index contributed by atoms with van der Waals surface area (Å²) in [6.07, 6.45) is 1.76. The Morgan fingerprint density at radius 3 is 2.88 bits per heavy atom. The first kappa shape index (κ1) is 10.8. The van der Waals surface area contributed by atoms with Crippen molar-refractivity contribution in [3.63, 3.8) is 0 Å². The lowest BCUT2D eigenvalue weighted by molar-refractivity contribution is 0.609.